The first-order valence-electron chi connectivity index (χ1n) is 6.82. The molecule has 0 aliphatic carbocycles. The Kier molecular flexibility index (Phi) is 4.84. The van der Waals surface area contributed by atoms with Gasteiger partial charge in [0.1, 0.15) is 0 Å². The molecule has 1 atom stereocenters. The first-order valence-corrected chi connectivity index (χ1v) is 7.61. The lowest BCUT2D eigenvalue weighted by Crippen LogP contribution is -2.18. The molecule has 0 aliphatic rings. The van der Waals surface area contributed by atoms with Crippen LogP contribution >= 0.6 is 15.9 Å². The van der Waals surface area contributed by atoms with Crippen molar-refractivity contribution in [2.24, 2.45) is 5.73 Å². The van der Waals surface area contributed by atoms with Crippen LogP contribution in [0.3, 0.4) is 0 Å². The fourth-order valence-corrected chi connectivity index (χ4v) is 2.92. The lowest BCUT2D eigenvalue weighted by molar-refractivity contribution is 0.738. The summed E-state index contributed by atoms with van der Waals surface area (Å²) in [4.78, 5) is 2.18. The molecule has 3 heteroatoms. The molecule has 0 aromatic heterocycles. The highest BCUT2D eigenvalue weighted by atomic mass is 79.9. The molecule has 0 fully saturated rings. The zero-order valence-electron chi connectivity index (χ0n) is 12.2. The molecule has 20 heavy (non-hydrogen) atoms. The Balaban J connectivity index is 2.26. The van der Waals surface area contributed by atoms with Crippen molar-refractivity contribution in [1.29, 1.82) is 0 Å². The van der Waals surface area contributed by atoms with Gasteiger partial charge >= 0.3 is 0 Å². The van der Waals surface area contributed by atoms with E-state index < -0.39 is 0 Å². The number of halogens is 1. The number of anilines is 2. The van der Waals surface area contributed by atoms with Crippen LogP contribution in [0.4, 0.5) is 11.4 Å². The second-order valence-electron chi connectivity index (χ2n) is 5.36. The van der Waals surface area contributed by atoms with Gasteiger partial charge in [0.15, 0.2) is 0 Å². The van der Waals surface area contributed by atoms with Crippen molar-refractivity contribution in [3.63, 3.8) is 0 Å². The van der Waals surface area contributed by atoms with E-state index >= 15 is 0 Å². The lowest BCUT2D eigenvalue weighted by Gasteiger charge is -2.22. The second-order valence-corrected chi connectivity index (χ2v) is 6.22. The van der Waals surface area contributed by atoms with Gasteiger partial charge < -0.3 is 10.6 Å². The highest BCUT2D eigenvalue weighted by Crippen LogP contribution is 2.31. The molecule has 0 aliphatic heterocycles. The van der Waals surface area contributed by atoms with Gasteiger partial charge in [0, 0.05) is 23.2 Å². The van der Waals surface area contributed by atoms with E-state index in [1.54, 1.807) is 0 Å². The molecule has 0 saturated heterocycles. The molecule has 2 rings (SSSR count). The molecule has 0 amide bonds. The van der Waals surface area contributed by atoms with Gasteiger partial charge in [-0.3, -0.25) is 0 Å². The van der Waals surface area contributed by atoms with Crippen LogP contribution in [0, 0.1) is 6.92 Å². The van der Waals surface area contributed by atoms with Gasteiger partial charge in [-0.1, -0.05) is 23.8 Å². The van der Waals surface area contributed by atoms with E-state index in [0.717, 1.165) is 16.6 Å². The number of aryl methyl sites for hydroxylation is 1. The molecule has 2 N–H and O–H groups in total. The fourth-order valence-electron chi connectivity index (χ4n) is 2.23. The number of benzene rings is 2. The van der Waals surface area contributed by atoms with Gasteiger partial charge in [0.2, 0.25) is 0 Å². The van der Waals surface area contributed by atoms with Gasteiger partial charge in [-0.15, -0.1) is 0 Å². The molecule has 0 heterocycles. The minimum Gasteiger partial charge on any atom is -0.344 e. The molecular formula is C17H21BrN2. The number of hydrogen-bond donors (Lipinski definition) is 1. The largest absolute Gasteiger partial charge is 0.344 e. The van der Waals surface area contributed by atoms with E-state index in [1.807, 2.05) is 6.92 Å². The van der Waals surface area contributed by atoms with E-state index in [2.05, 4.69) is 77.3 Å². The van der Waals surface area contributed by atoms with Crippen molar-refractivity contribution in [3.8, 4) is 0 Å². The Morgan fingerprint density at radius 3 is 2.35 bits per heavy atom. The molecule has 106 valence electrons. The van der Waals surface area contributed by atoms with Crippen LogP contribution in [0.5, 0.6) is 0 Å². The van der Waals surface area contributed by atoms with Gasteiger partial charge in [-0.25, -0.2) is 0 Å². The van der Waals surface area contributed by atoms with Crippen molar-refractivity contribution in [2.45, 2.75) is 26.3 Å². The standard InChI is InChI=1S/C17H21BrN2/c1-12-4-7-15(8-5-12)20(3)17-9-6-14(10-13(2)19)11-16(17)18/h4-9,11,13H,10,19H2,1-3H3. The maximum absolute atomic E-state index is 5.85. The summed E-state index contributed by atoms with van der Waals surface area (Å²) < 4.78 is 1.10. The van der Waals surface area contributed by atoms with Crippen molar-refractivity contribution >= 4 is 27.3 Å². The van der Waals surface area contributed by atoms with Crippen molar-refractivity contribution in [3.05, 3.63) is 58.1 Å². The van der Waals surface area contributed by atoms with Crippen LogP contribution in [-0.2, 0) is 6.42 Å². The predicted octanol–water partition coefficient (Wildman–Crippen LogP) is 4.42. The molecule has 1 unspecified atom stereocenters. The molecule has 0 radical (unpaired) electrons. The van der Waals surface area contributed by atoms with Gasteiger partial charge in [0.05, 0.1) is 5.69 Å². The molecule has 0 bridgehead atoms. The van der Waals surface area contributed by atoms with Crippen molar-refractivity contribution in [1.82, 2.24) is 0 Å². The van der Waals surface area contributed by atoms with Crippen LogP contribution < -0.4 is 10.6 Å². The molecule has 0 spiro atoms. The normalized spacial score (nSPS) is 12.2. The molecular weight excluding hydrogens is 312 g/mol. The number of hydrogen-bond acceptors (Lipinski definition) is 2. The zero-order valence-corrected chi connectivity index (χ0v) is 13.8. The summed E-state index contributed by atoms with van der Waals surface area (Å²) in [5.41, 5.74) is 10.7. The molecule has 2 nitrogen and oxygen atoms in total. The Bertz CT molecular complexity index is 576. The third-order valence-electron chi connectivity index (χ3n) is 3.35. The monoisotopic (exact) mass is 332 g/mol. The predicted molar refractivity (Wildman–Crippen MR) is 90.7 cm³/mol. The average Bonchev–Trinajstić information content (AvgIpc) is 2.38. The van der Waals surface area contributed by atoms with Gasteiger partial charge in [0.25, 0.3) is 0 Å². The summed E-state index contributed by atoms with van der Waals surface area (Å²) in [7, 11) is 2.08. The fraction of sp³-hybridized carbons (Fsp3) is 0.294. The minimum absolute atomic E-state index is 0.183. The first kappa shape index (κ1) is 15.1. The average molecular weight is 333 g/mol. The maximum atomic E-state index is 5.85. The van der Waals surface area contributed by atoms with E-state index in [0.29, 0.717) is 0 Å². The van der Waals surface area contributed by atoms with Crippen LogP contribution in [0.15, 0.2) is 46.9 Å². The molecule has 2 aromatic carbocycles. The number of rotatable bonds is 4. The molecule has 0 saturated carbocycles. The van der Waals surface area contributed by atoms with Crippen LogP contribution in [0.25, 0.3) is 0 Å². The van der Waals surface area contributed by atoms with E-state index in [-0.39, 0.29) is 6.04 Å². The van der Waals surface area contributed by atoms with Gasteiger partial charge in [-0.2, -0.15) is 0 Å². The summed E-state index contributed by atoms with van der Waals surface area (Å²) >= 11 is 3.67. The Morgan fingerprint density at radius 2 is 1.80 bits per heavy atom. The Labute approximate surface area is 129 Å². The summed E-state index contributed by atoms with van der Waals surface area (Å²) in [6.07, 6.45) is 0.896. The van der Waals surface area contributed by atoms with E-state index in [9.17, 15) is 0 Å². The van der Waals surface area contributed by atoms with E-state index in [1.165, 1.54) is 16.8 Å². The quantitative estimate of drug-likeness (QED) is 0.898. The number of nitrogens with zero attached hydrogens (tertiary/aromatic N) is 1. The van der Waals surface area contributed by atoms with Crippen LogP contribution in [0.2, 0.25) is 0 Å². The minimum atomic E-state index is 0.183. The number of nitrogens with two attached hydrogens (primary N) is 1. The highest BCUT2D eigenvalue weighted by Gasteiger charge is 2.09. The smallest absolute Gasteiger partial charge is 0.0552 e. The summed E-state index contributed by atoms with van der Waals surface area (Å²) in [5.74, 6) is 0. The molecule has 2 aromatic rings. The van der Waals surface area contributed by atoms with Crippen molar-refractivity contribution in [2.75, 3.05) is 11.9 Å². The summed E-state index contributed by atoms with van der Waals surface area (Å²) in [5, 5.41) is 0. The third-order valence-corrected chi connectivity index (χ3v) is 3.99. The van der Waals surface area contributed by atoms with Crippen LogP contribution in [-0.4, -0.2) is 13.1 Å². The van der Waals surface area contributed by atoms with Crippen molar-refractivity contribution < 1.29 is 0 Å². The Morgan fingerprint density at radius 1 is 1.15 bits per heavy atom. The summed E-state index contributed by atoms with van der Waals surface area (Å²) in [6.45, 7) is 4.13. The zero-order chi connectivity index (χ0) is 14.7. The SMILES string of the molecule is Cc1ccc(N(C)c2ccc(CC(C)N)cc2Br)cc1. The lowest BCUT2D eigenvalue weighted by atomic mass is 10.1. The maximum Gasteiger partial charge on any atom is 0.0552 e. The summed E-state index contributed by atoms with van der Waals surface area (Å²) in [6, 6.07) is 15.2. The van der Waals surface area contributed by atoms with Gasteiger partial charge in [-0.05, 0) is 66.0 Å². The second kappa shape index (κ2) is 6.42. The highest BCUT2D eigenvalue weighted by molar-refractivity contribution is 9.10. The van der Waals surface area contributed by atoms with E-state index in [4.69, 9.17) is 5.73 Å². The first-order chi connectivity index (χ1) is 9.47. The topological polar surface area (TPSA) is 29.3 Å². The Hall–Kier alpha value is -1.32. The van der Waals surface area contributed by atoms with Crippen LogP contribution in [0.1, 0.15) is 18.1 Å². The third kappa shape index (κ3) is 3.62.